The molecule has 3 heterocycles. The molecule has 2 fully saturated rings. The van der Waals surface area contributed by atoms with Gasteiger partial charge in [-0.3, -0.25) is 4.68 Å². The molecule has 30 heavy (non-hydrogen) atoms. The van der Waals surface area contributed by atoms with Crippen LogP contribution in [-0.2, 0) is 18.3 Å². The first-order valence-electron chi connectivity index (χ1n) is 10.8. The van der Waals surface area contributed by atoms with E-state index < -0.39 is 0 Å². The SMILES string of the molecule is CCNC(=NCc1ccc(N2CCSCC2)cc1)N1CCOC(c2cnn(C)c2)C1. The second-order valence-corrected chi connectivity index (χ2v) is 8.91. The van der Waals surface area contributed by atoms with Crippen molar-refractivity contribution < 1.29 is 4.74 Å². The normalized spacial score (nSPS) is 20.5. The Morgan fingerprint density at radius 2 is 2.03 bits per heavy atom. The molecule has 7 nitrogen and oxygen atoms in total. The number of aromatic nitrogens is 2. The average Bonchev–Trinajstić information content (AvgIpc) is 3.24. The third-order valence-corrected chi connectivity index (χ3v) is 6.46. The van der Waals surface area contributed by atoms with E-state index in [0.717, 1.165) is 44.2 Å². The minimum Gasteiger partial charge on any atom is -0.370 e. The van der Waals surface area contributed by atoms with Crippen molar-refractivity contribution in [3.05, 3.63) is 47.8 Å². The van der Waals surface area contributed by atoms with Gasteiger partial charge in [0.2, 0.25) is 0 Å². The maximum atomic E-state index is 5.99. The fourth-order valence-electron chi connectivity index (χ4n) is 3.88. The van der Waals surface area contributed by atoms with E-state index in [0.29, 0.717) is 13.2 Å². The van der Waals surface area contributed by atoms with E-state index >= 15 is 0 Å². The number of aryl methyl sites for hydroxylation is 1. The Kier molecular flexibility index (Phi) is 7.17. The van der Waals surface area contributed by atoms with Crippen LogP contribution in [0.25, 0.3) is 0 Å². The molecule has 2 aromatic rings. The second kappa shape index (κ2) is 10.2. The standard InChI is InChI=1S/C22H32N6OS/c1-3-23-22(28-8-11-29-21(17-28)19-15-25-26(2)16-19)24-14-18-4-6-20(7-5-18)27-9-12-30-13-10-27/h4-7,15-16,21H,3,8-14,17H2,1-2H3,(H,23,24). The van der Waals surface area contributed by atoms with Gasteiger partial charge in [-0.2, -0.15) is 16.9 Å². The minimum absolute atomic E-state index is 0.0262. The molecule has 0 spiro atoms. The molecule has 1 aromatic heterocycles. The third kappa shape index (κ3) is 5.29. The van der Waals surface area contributed by atoms with Crippen molar-refractivity contribution in [1.29, 1.82) is 0 Å². The van der Waals surface area contributed by atoms with Gasteiger partial charge >= 0.3 is 0 Å². The molecule has 162 valence electrons. The zero-order valence-corrected chi connectivity index (χ0v) is 18.8. The van der Waals surface area contributed by atoms with E-state index in [1.165, 1.54) is 22.8 Å². The number of nitrogens with zero attached hydrogens (tertiary/aromatic N) is 5. The molecule has 2 aliphatic heterocycles. The van der Waals surface area contributed by atoms with Crippen LogP contribution in [0.15, 0.2) is 41.7 Å². The third-order valence-electron chi connectivity index (χ3n) is 5.52. The van der Waals surface area contributed by atoms with Crippen LogP contribution in [0.5, 0.6) is 0 Å². The summed E-state index contributed by atoms with van der Waals surface area (Å²) in [5.74, 6) is 3.39. The Labute approximate surface area is 183 Å². The number of thioether (sulfide) groups is 1. The number of aliphatic imine (C=N–C) groups is 1. The van der Waals surface area contributed by atoms with Crippen LogP contribution in [0.2, 0.25) is 0 Å². The lowest BCUT2D eigenvalue weighted by Crippen LogP contribution is -2.48. The van der Waals surface area contributed by atoms with Gasteiger partial charge in [0.25, 0.3) is 0 Å². The number of rotatable bonds is 5. The Hall–Kier alpha value is -2.19. The first kappa shape index (κ1) is 21.1. The average molecular weight is 429 g/mol. The predicted molar refractivity (Wildman–Crippen MR) is 124 cm³/mol. The van der Waals surface area contributed by atoms with Crippen LogP contribution in [-0.4, -0.2) is 71.5 Å². The molecular formula is C22H32N6OS. The van der Waals surface area contributed by atoms with Gasteiger partial charge in [0.1, 0.15) is 6.10 Å². The molecule has 1 unspecified atom stereocenters. The summed E-state index contributed by atoms with van der Waals surface area (Å²) >= 11 is 2.04. The van der Waals surface area contributed by atoms with Crippen molar-refractivity contribution in [2.45, 2.75) is 19.6 Å². The quantitative estimate of drug-likeness (QED) is 0.583. The summed E-state index contributed by atoms with van der Waals surface area (Å²) in [7, 11) is 1.94. The van der Waals surface area contributed by atoms with Crippen LogP contribution in [0, 0.1) is 0 Å². The summed E-state index contributed by atoms with van der Waals surface area (Å²) in [4.78, 5) is 9.69. The van der Waals surface area contributed by atoms with Crippen LogP contribution < -0.4 is 10.2 Å². The molecule has 0 aliphatic carbocycles. The van der Waals surface area contributed by atoms with Crippen molar-refractivity contribution in [3.63, 3.8) is 0 Å². The van der Waals surface area contributed by atoms with E-state index in [-0.39, 0.29) is 6.10 Å². The van der Waals surface area contributed by atoms with E-state index in [2.05, 4.69) is 51.4 Å². The molecule has 2 aliphatic rings. The smallest absolute Gasteiger partial charge is 0.194 e. The highest BCUT2D eigenvalue weighted by atomic mass is 32.2. The van der Waals surface area contributed by atoms with Gasteiger partial charge in [-0.05, 0) is 24.6 Å². The highest BCUT2D eigenvalue weighted by Gasteiger charge is 2.25. The monoisotopic (exact) mass is 428 g/mol. The number of nitrogens with one attached hydrogen (secondary N) is 1. The van der Waals surface area contributed by atoms with Crippen molar-refractivity contribution in [2.75, 3.05) is 55.7 Å². The van der Waals surface area contributed by atoms with E-state index in [4.69, 9.17) is 9.73 Å². The largest absolute Gasteiger partial charge is 0.370 e. The number of hydrogen-bond acceptors (Lipinski definition) is 5. The van der Waals surface area contributed by atoms with Gasteiger partial charge in [-0.15, -0.1) is 0 Å². The highest BCUT2D eigenvalue weighted by Crippen LogP contribution is 2.22. The van der Waals surface area contributed by atoms with Crippen LogP contribution >= 0.6 is 11.8 Å². The van der Waals surface area contributed by atoms with Crippen molar-refractivity contribution in [2.24, 2.45) is 12.0 Å². The molecule has 2 saturated heterocycles. The Bertz CT molecular complexity index is 830. The molecule has 0 amide bonds. The van der Waals surface area contributed by atoms with Gasteiger partial charge in [0.15, 0.2) is 5.96 Å². The van der Waals surface area contributed by atoms with E-state index in [1.807, 2.05) is 35.9 Å². The summed E-state index contributed by atoms with van der Waals surface area (Å²) in [5, 5.41) is 7.73. The molecule has 0 radical (unpaired) electrons. The molecule has 1 N–H and O–H groups in total. The Balaban J connectivity index is 1.40. The summed E-state index contributed by atoms with van der Waals surface area (Å²) in [6.45, 7) is 8.22. The summed E-state index contributed by atoms with van der Waals surface area (Å²) in [6, 6.07) is 8.89. The molecule has 1 aromatic carbocycles. The fourth-order valence-corrected chi connectivity index (χ4v) is 4.78. The molecule has 4 rings (SSSR count). The molecule has 0 bridgehead atoms. The van der Waals surface area contributed by atoms with Crippen molar-refractivity contribution in [3.8, 4) is 0 Å². The predicted octanol–water partition coefficient (Wildman–Crippen LogP) is 2.51. The summed E-state index contributed by atoms with van der Waals surface area (Å²) in [5.41, 5.74) is 3.67. The number of morpholine rings is 1. The van der Waals surface area contributed by atoms with Crippen molar-refractivity contribution >= 4 is 23.4 Å². The maximum absolute atomic E-state index is 5.99. The number of benzene rings is 1. The van der Waals surface area contributed by atoms with Gasteiger partial charge < -0.3 is 19.9 Å². The topological polar surface area (TPSA) is 57.9 Å². The van der Waals surface area contributed by atoms with Crippen LogP contribution in [0.3, 0.4) is 0 Å². The van der Waals surface area contributed by atoms with Gasteiger partial charge in [-0.25, -0.2) is 4.99 Å². The van der Waals surface area contributed by atoms with E-state index in [9.17, 15) is 0 Å². The number of guanidine groups is 1. The summed E-state index contributed by atoms with van der Waals surface area (Å²) < 4.78 is 7.81. The molecule has 1 atom stereocenters. The van der Waals surface area contributed by atoms with E-state index in [1.54, 1.807) is 0 Å². The zero-order valence-electron chi connectivity index (χ0n) is 18.0. The van der Waals surface area contributed by atoms with Crippen LogP contribution in [0.1, 0.15) is 24.2 Å². The van der Waals surface area contributed by atoms with Gasteiger partial charge in [0.05, 0.1) is 25.9 Å². The van der Waals surface area contributed by atoms with Gasteiger partial charge in [0, 0.05) is 62.2 Å². The molecule has 0 saturated carbocycles. The van der Waals surface area contributed by atoms with Gasteiger partial charge in [-0.1, -0.05) is 12.1 Å². The zero-order chi connectivity index (χ0) is 20.8. The van der Waals surface area contributed by atoms with Crippen LogP contribution in [0.4, 0.5) is 5.69 Å². The minimum atomic E-state index is 0.0262. The lowest BCUT2D eigenvalue weighted by atomic mass is 10.1. The second-order valence-electron chi connectivity index (χ2n) is 7.69. The first-order valence-corrected chi connectivity index (χ1v) is 11.9. The Morgan fingerprint density at radius 1 is 1.23 bits per heavy atom. The fraction of sp³-hybridized carbons (Fsp3) is 0.545. The number of anilines is 1. The lowest BCUT2D eigenvalue weighted by molar-refractivity contribution is -0.00805. The highest BCUT2D eigenvalue weighted by molar-refractivity contribution is 7.99. The molecular weight excluding hydrogens is 396 g/mol. The first-order chi connectivity index (χ1) is 14.7. The summed E-state index contributed by atoms with van der Waals surface area (Å²) in [6.07, 6.45) is 3.94. The lowest BCUT2D eigenvalue weighted by Gasteiger charge is -2.34. The molecule has 8 heteroatoms. The number of ether oxygens (including phenoxy) is 1. The van der Waals surface area contributed by atoms with Crippen molar-refractivity contribution in [1.82, 2.24) is 20.0 Å². The Morgan fingerprint density at radius 3 is 2.73 bits per heavy atom. The maximum Gasteiger partial charge on any atom is 0.194 e. The number of hydrogen-bond donors (Lipinski definition) is 1.